The van der Waals surface area contributed by atoms with Gasteiger partial charge in [0, 0.05) is 24.5 Å². The van der Waals surface area contributed by atoms with E-state index in [1.54, 1.807) is 29.6 Å². The number of hydrogen-bond acceptors (Lipinski definition) is 4. The number of fused-ring (bicyclic) bond motifs is 1. The Kier molecular flexibility index (Phi) is 4.40. The van der Waals surface area contributed by atoms with E-state index in [-0.39, 0.29) is 11.9 Å². The van der Waals surface area contributed by atoms with Crippen LogP contribution in [-0.2, 0) is 13.6 Å². The highest BCUT2D eigenvalue weighted by Gasteiger charge is 2.22. The number of aromatic nitrogens is 2. The molecule has 0 saturated carbocycles. The molecule has 0 radical (unpaired) electrons. The first-order valence-electron chi connectivity index (χ1n) is 7.32. The second-order valence-electron chi connectivity index (χ2n) is 5.45. The van der Waals surface area contributed by atoms with Gasteiger partial charge in [-0.15, -0.1) is 11.8 Å². The number of nitrogens with one attached hydrogen (secondary N) is 1. The van der Waals surface area contributed by atoms with Gasteiger partial charge in [0.15, 0.2) is 0 Å². The third kappa shape index (κ3) is 2.85. The van der Waals surface area contributed by atoms with Crippen molar-refractivity contribution in [2.45, 2.75) is 30.8 Å². The minimum atomic E-state index is -0.178. The van der Waals surface area contributed by atoms with E-state index in [0.29, 0.717) is 6.54 Å². The van der Waals surface area contributed by atoms with E-state index in [1.165, 1.54) is 11.0 Å². The van der Waals surface area contributed by atoms with E-state index >= 15 is 0 Å². The summed E-state index contributed by atoms with van der Waals surface area (Å²) >= 11 is 1.79. The largest absolute Gasteiger partial charge is 0.481 e. The van der Waals surface area contributed by atoms with Crippen LogP contribution in [-0.4, -0.2) is 22.6 Å². The van der Waals surface area contributed by atoms with Crippen LogP contribution in [0.2, 0.25) is 0 Å². The second kappa shape index (κ2) is 6.30. The van der Waals surface area contributed by atoms with Crippen LogP contribution in [0.15, 0.2) is 23.1 Å². The molecule has 2 aromatic rings. The van der Waals surface area contributed by atoms with Crippen LogP contribution in [0.1, 0.15) is 29.3 Å². The van der Waals surface area contributed by atoms with E-state index < -0.39 is 0 Å². The smallest absolute Gasteiger partial charge is 0.216 e. The van der Waals surface area contributed by atoms with Gasteiger partial charge in [0.2, 0.25) is 5.88 Å². The summed E-state index contributed by atoms with van der Waals surface area (Å²) < 4.78 is 20.7. The van der Waals surface area contributed by atoms with Crippen molar-refractivity contribution in [2.75, 3.05) is 12.9 Å². The highest BCUT2D eigenvalue weighted by molar-refractivity contribution is 7.99. The van der Waals surface area contributed by atoms with Gasteiger partial charge in [-0.1, -0.05) is 0 Å². The SMILES string of the molecule is COc1c(CN[C@H]2CCSc3ccc(F)cc32)c(C)nn1C. The molecule has 0 fully saturated rings. The van der Waals surface area contributed by atoms with Crippen molar-refractivity contribution in [3.05, 3.63) is 40.8 Å². The Balaban J connectivity index is 1.80. The van der Waals surface area contributed by atoms with Crippen molar-refractivity contribution in [3.63, 3.8) is 0 Å². The number of halogens is 1. The minimum absolute atomic E-state index is 0.163. The lowest BCUT2D eigenvalue weighted by Crippen LogP contribution is -2.24. The van der Waals surface area contributed by atoms with Crippen molar-refractivity contribution < 1.29 is 9.13 Å². The van der Waals surface area contributed by atoms with Gasteiger partial charge in [-0.3, -0.25) is 0 Å². The lowest BCUT2D eigenvalue weighted by molar-refractivity contribution is 0.366. The predicted molar refractivity (Wildman–Crippen MR) is 85.8 cm³/mol. The summed E-state index contributed by atoms with van der Waals surface area (Å²) in [6.07, 6.45) is 0.989. The standard InChI is InChI=1S/C16H20FN3OS/c1-10-13(16(21-3)20(2)19-10)9-18-14-6-7-22-15-5-4-11(17)8-12(14)15/h4-5,8,14,18H,6-7,9H2,1-3H3/t14-/m0/s1. The topological polar surface area (TPSA) is 39.1 Å². The first kappa shape index (κ1) is 15.4. The highest BCUT2D eigenvalue weighted by Crippen LogP contribution is 2.37. The molecule has 1 aromatic heterocycles. The molecule has 4 nitrogen and oxygen atoms in total. The molecule has 3 rings (SSSR count). The zero-order chi connectivity index (χ0) is 15.7. The number of aryl methyl sites for hydroxylation is 2. The summed E-state index contributed by atoms with van der Waals surface area (Å²) in [5.74, 6) is 1.64. The summed E-state index contributed by atoms with van der Waals surface area (Å²) in [5.41, 5.74) is 3.06. The van der Waals surface area contributed by atoms with Gasteiger partial charge in [-0.05, 0) is 42.9 Å². The van der Waals surface area contributed by atoms with Crippen LogP contribution in [0, 0.1) is 12.7 Å². The predicted octanol–water partition coefficient (Wildman–Crippen LogP) is 3.20. The zero-order valence-corrected chi connectivity index (χ0v) is 13.8. The van der Waals surface area contributed by atoms with Gasteiger partial charge >= 0.3 is 0 Å². The van der Waals surface area contributed by atoms with Crippen LogP contribution < -0.4 is 10.1 Å². The molecular formula is C16H20FN3OS. The van der Waals surface area contributed by atoms with Gasteiger partial charge in [-0.25, -0.2) is 9.07 Å². The number of thioether (sulfide) groups is 1. The summed E-state index contributed by atoms with van der Waals surface area (Å²) in [6.45, 7) is 2.64. The Labute approximate surface area is 134 Å². The first-order chi connectivity index (χ1) is 10.6. The van der Waals surface area contributed by atoms with Gasteiger partial charge in [0.25, 0.3) is 0 Å². The number of nitrogens with zero attached hydrogens (tertiary/aromatic N) is 2. The lowest BCUT2D eigenvalue weighted by atomic mass is 10.0. The molecule has 0 unspecified atom stereocenters. The van der Waals surface area contributed by atoms with Gasteiger partial charge < -0.3 is 10.1 Å². The van der Waals surface area contributed by atoms with Crippen LogP contribution in [0.3, 0.4) is 0 Å². The summed E-state index contributed by atoms with van der Waals surface area (Å²) in [6, 6.07) is 5.21. The molecule has 1 N–H and O–H groups in total. The monoisotopic (exact) mass is 321 g/mol. The fourth-order valence-corrected chi connectivity index (χ4v) is 4.05. The Hall–Kier alpha value is -1.53. The second-order valence-corrected chi connectivity index (χ2v) is 6.59. The molecule has 0 amide bonds. The Morgan fingerprint density at radius 1 is 1.50 bits per heavy atom. The van der Waals surface area contributed by atoms with Crippen LogP contribution in [0.25, 0.3) is 0 Å². The lowest BCUT2D eigenvalue weighted by Gasteiger charge is -2.26. The van der Waals surface area contributed by atoms with E-state index in [0.717, 1.165) is 34.9 Å². The molecule has 1 aliphatic rings. The Bertz CT molecular complexity index is 686. The molecule has 0 aliphatic carbocycles. The average molecular weight is 321 g/mol. The number of benzene rings is 1. The molecule has 1 atom stereocenters. The maximum absolute atomic E-state index is 13.5. The van der Waals surface area contributed by atoms with Crippen LogP contribution >= 0.6 is 11.8 Å². The first-order valence-corrected chi connectivity index (χ1v) is 8.30. The molecule has 0 saturated heterocycles. The van der Waals surface area contributed by atoms with Gasteiger partial charge in [0.1, 0.15) is 5.82 Å². The Morgan fingerprint density at radius 3 is 3.09 bits per heavy atom. The van der Waals surface area contributed by atoms with E-state index in [9.17, 15) is 4.39 Å². The molecular weight excluding hydrogens is 301 g/mol. The fourth-order valence-electron chi connectivity index (χ4n) is 2.94. The molecule has 22 heavy (non-hydrogen) atoms. The fraction of sp³-hybridized carbons (Fsp3) is 0.438. The number of rotatable bonds is 4. The summed E-state index contributed by atoms with van der Waals surface area (Å²) in [7, 11) is 3.53. The average Bonchev–Trinajstić information content (AvgIpc) is 2.78. The van der Waals surface area contributed by atoms with E-state index in [4.69, 9.17) is 4.74 Å². The van der Waals surface area contributed by atoms with Crippen molar-refractivity contribution in [1.29, 1.82) is 0 Å². The molecule has 0 spiro atoms. The van der Waals surface area contributed by atoms with Crippen molar-refractivity contribution in [1.82, 2.24) is 15.1 Å². The molecule has 118 valence electrons. The summed E-state index contributed by atoms with van der Waals surface area (Å²) in [4.78, 5) is 1.17. The van der Waals surface area contributed by atoms with Gasteiger partial charge in [0.05, 0.1) is 18.4 Å². The normalized spacial score (nSPS) is 17.4. The molecule has 6 heteroatoms. The number of hydrogen-bond donors (Lipinski definition) is 1. The molecule has 1 aliphatic heterocycles. The highest BCUT2D eigenvalue weighted by atomic mass is 32.2. The molecule has 0 bridgehead atoms. The Morgan fingerprint density at radius 2 is 2.32 bits per heavy atom. The van der Waals surface area contributed by atoms with E-state index in [1.807, 2.05) is 20.0 Å². The van der Waals surface area contributed by atoms with Crippen molar-refractivity contribution in [3.8, 4) is 5.88 Å². The number of methoxy groups -OCH3 is 1. The quantitative estimate of drug-likeness (QED) is 0.938. The molecule has 1 aromatic carbocycles. The third-order valence-corrected chi connectivity index (χ3v) is 5.14. The maximum atomic E-state index is 13.5. The third-order valence-electron chi connectivity index (χ3n) is 4.02. The maximum Gasteiger partial charge on any atom is 0.216 e. The van der Waals surface area contributed by atoms with Gasteiger partial charge in [-0.2, -0.15) is 5.10 Å². The van der Waals surface area contributed by atoms with Crippen molar-refractivity contribution in [2.24, 2.45) is 7.05 Å². The summed E-state index contributed by atoms with van der Waals surface area (Å²) in [5, 5.41) is 7.93. The van der Waals surface area contributed by atoms with Crippen LogP contribution in [0.5, 0.6) is 5.88 Å². The zero-order valence-electron chi connectivity index (χ0n) is 13.0. The number of ether oxygens (including phenoxy) is 1. The van der Waals surface area contributed by atoms with Crippen molar-refractivity contribution >= 4 is 11.8 Å². The minimum Gasteiger partial charge on any atom is -0.481 e. The van der Waals surface area contributed by atoms with Crippen LogP contribution in [0.4, 0.5) is 4.39 Å². The molecule has 2 heterocycles. The van der Waals surface area contributed by atoms with E-state index in [2.05, 4.69) is 10.4 Å².